The van der Waals surface area contributed by atoms with Gasteiger partial charge in [-0.25, -0.2) is 0 Å². The van der Waals surface area contributed by atoms with Crippen molar-refractivity contribution in [2.24, 2.45) is 5.92 Å². The summed E-state index contributed by atoms with van der Waals surface area (Å²) in [6.45, 7) is 6.88. The highest BCUT2D eigenvalue weighted by Crippen LogP contribution is 2.29. The number of hydrogen-bond donors (Lipinski definition) is 1. The van der Waals surface area contributed by atoms with Crippen molar-refractivity contribution < 1.29 is 0 Å². The summed E-state index contributed by atoms with van der Waals surface area (Å²) >= 11 is 0. The van der Waals surface area contributed by atoms with E-state index in [2.05, 4.69) is 50.4 Å². The van der Waals surface area contributed by atoms with Crippen LogP contribution in [0.1, 0.15) is 70.8 Å². The Hall–Kier alpha value is -0.980. The number of hydrogen-bond acceptors (Lipinski definition) is 1. The third kappa shape index (κ3) is 3.99. The van der Waals surface area contributed by atoms with Gasteiger partial charge in [-0.05, 0) is 61.6 Å². The Kier molecular flexibility index (Phi) is 5.30. The molecule has 0 bridgehead atoms. The van der Waals surface area contributed by atoms with Crippen LogP contribution in [-0.4, -0.2) is 6.04 Å². The minimum absolute atomic E-state index is 0.675. The van der Waals surface area contributed by atoms with E-state index in [0.717, 1.165) is 5.92 Å². The summed E-state index contributed by atoms with van der Waals surface area (Å²) in [6.07, 6.45) is 8.06. The Labute approximate surface area is 118 Å². The molecule has 1 aromatic carbocycles. The molecule has 0 aliphatic heterocycles. The van der Waals surface area contributed by atoms with E-state index in [4.69, 9.17) is 0 Å². The first kappa shape index (κ1) is 14.4. The summed E-state index contributed by atoms with van der Waals surface area (Å²) in [4.78, 5) is 0. The molecule has 1 saturated carbocycles. The largest absolute Gasteiger partial charge is 0.382 e. The predicted molar refractivity (Wildman–Crippen MR) is 84.8 cm³/mol. The van der Waals surface area contributed by atoms with Gasteiger partial charge in [0.1, 0.15) is 0 Å². The van der Waals surface area contributed by atoms with Crippen molar-refractivity contribution in [3.63, 3.8) is 0 Å². The van der Waals surface area contributed by atoms with Crippen LogP contribution < -0.4 is 5.32 Å². The lowest BCUT2D eigenvalue weighted by Gasteiger charge is -2.29. The van der Waals surface area contributed by atoms with E-state index >= 15 is 0 Å². The van der Waals surface area contributed by atoms with Crippen molar-refractivity contribution in [2.45, 2.75) is 71.3 Å². The maximum atomic E-state index is 3.71. The smallest absolute Gasteiger partial charge is 0.0342 e. The van der Waals surface area contributed by atoms with E-state index in [1.165, 1.54) is 49.8 Å². The summed E-state index contributed by atoms with van der Waals surface area (Å²) in [5.41, 5.74) is 2.76. The Morgan fingerprint density at radius 1 is 1.05 bits per heavy atom. The van der Waals surface area contributed by atoms with Crippen LogP contribution >= 0.6 is 0 Å². The third-order valence-electron chi connectivity index (χ3n) is 4.89. The van der Waals surface area contributed by atoms with E-state index in [1.54, 1.807) is 0 Å². The highest BCUT2D eigenvalue weighted by molar-refractivity contribution is 5.46. The van der Waals surface area contributed by atoms with Gasteiger partial charge < -0.3 is 5.32 Å². The molecule has 1 fully saturated rings. The molecule has 0 radical (unpaired) electrons. The van der Waals surface area contributed by atoms with Gasteiger partial charge >= 0.3 is 0 Å². The van der Waals surface area contributed by atoms with Gasteiger partial charge in [0, 0.05) is 11.7 Å². The normalized spacial score (nSPS) is 25.0. The molecule has 0 amide bonds. The van der Waals surface area contributed by atoms with E-state index in [-0.39, 0.29) is 0 Å². The fourth-order valence-electron chi connectivity index (χ4n) is 3.09. The molecule has 0 aromatic heterocycles. The fraction of sp³-hybridized carbons (Fsp3) is 0.667. The Morgan fingerprint density at radius 3 is 2.21 bits per heavy atom. The van der Waals surface area contributed by atoms with Gasteiger partial charge in [0.15, 0.2) is 0 Å². The quantitative estimate of drug-likeness (QED) is 0.727. The molecule has 1 atom stereocenters. The zero-order valence-electron chi connectivity index (χ0n) is 12.8. The molecule has 1 nitrogen and oxygen atoms in total. The average molecular weight is 259 g/mol. The molecule has 0 saturated heterocycles. The molecule has 106 valence electrons. The van der Waals surface area contributed by atoms with Gasteiger partial charge in [0.25, 0.3) is 0 Å². The summed E-state index contributed by atoms with van der Waals surface area (Å²) in [5.74, 6) is 1.65. The third-order valence-corrected chi connectivity index (χ3v) is 4.89. The van der Waals surface area contributed by atoms with Crippen LogP contribution in [0.4, 0.5) is 5.69 Å². The van der Waals surface area contributed by atoms with Gasteiger partial charge in [-0.15, -0.1) is 0 Å². The van der Waals surface area contributed by atoms with E-state index in [9.17, 15) is 0 Å². The van der Waals surface area contributed by atoms with Crippen LogP contribution in [0.15, 0.2) is 24.3 Å². The minimum Gasteiger partial charge on any atom is -0.382 e. The summed E-state index contributed by atoms with van der Waals surface area (Å²) in [6, 6.07) is 9.78. The average Bonchev–Trinajstić information content (AvgIpc) is 2.48. The molecule has 0 heterocycles. The molecule has 1 aliphatic carbocycles. The van der Waals surface area contributed by atoms with Gasteiger partial charge in [0.05, 0.1) is 0 Å². The first-order valence-corrected chi connectivity index (χ1v) is 8.09. The zero-order chi connectivity index (χ0) is 13.7. The van der Waals surface area contributed by atoms with Crippen LogP contribution in [0.5, 0.6) is 0 Å². The van der Waals surface area contributed by atoms with Crippen molar-refractivity contribution in [3.05, 3.63) is 29.8 Å². The van der Waals surface area contributed by atoms with Crippen molar-refractivity contribution >= 4 is 5.69 Å². The molecule has 1 unspecified atom stereocenters. The molecule has 19 heavy (non-hydrogen) atoms. The number of nitrogens with one attached hydrogen (secondary N) is 1. The van der Waals surface area contributed by atoms with Crippen molar-refractivity contribution in [1.82, 2.24) is 0 Å². The van der Waals surface area contributed by atoms with E-state index in [0.29, 0.717) is 12.0 Å². The molecule has 1 aromatic rings. The van der Waals surface area contributed by atoms with Crippen LogP contribution in [0.2, 0.25) is 0 Å². The first-order valence-electron chi connectivity index (χ1n) is 8.09. The van der Waals surface area contributed by atoms with Gasteiger partial charge in [-0.2, -0.15) is 0 Å². The topological polar surface area (TPSA) is 12.0 Å². The first-order chi connectivity index (χ1) is 9.22. The molecule has 0 spiro atoms. The van der Waals surface area contributed by atoms with Crippen LogP contribution in [0, 0.1) is 5.92 Å². The summed E-state index contributed by atoms with van der Waals surface area (Å²) in [5, 5.41) is 3.71. The van der Waals surface area contributed by atoms with Gasteiger partial charge in [-0.3, -0.25) is 0 Å². The lowest BCUT2D eigenvalue weighted by Crippen LogP contribution is -2.25. The standard InChI is InChI=1S/C18H29N/c1-4-14(3)16-8-12-18(13-9-16)19-17-10-6-15(5-2)7-11-17/h8-9,12-15,17,19H,4-7,10-11H2,1-3H3. The van der Waals surface area contributed by atoms with Crippen LogP contribution in [0.25, 0.3) is 0 Å². The minimum atomic E-state index is 0.675. The Balaban J connectivity index is 1.86. The molecule has 2 rings (SSSR count). The maximum absolute atomic E-state index is 3.71. The molecule has 1 heteroatoms. The zero-order valence-corrected chi connectivity index (χ0v) is 12.8. The molecular weight excluding hydrogens is 230 g/mol. The van der Waals surface area contributed by atoms with Crippen molar-refractivity contribution in [1.29, 1.82) is 0 Å². The predicted octanol–water partition coefficient (Wildman–Crippen LogP) is 5.58. The number of benzene rings is 1. The van der Waals surface area contributed by atoms with E-state index in [1.807, 2.05) is 0 Å². The second kappa shape index (κ2) is 6.98. The van der Waals surface area contributed by atoms with Gasteiger partial charge in [0.2, 0.25) is 0 Å². The molecular formula is C18H29N. The van der Waals surface area contributed by atoms with Gasteiger partial charge in [-0.1, -0.05) is 39.3 Å². The second-order valence-corrected chi connectivity index (χ2v) is 6.20. The SMILES string of the molecule is CCC1CCC(Nc2ccc(C(C)CC)cc2)CC1. The Bertz CT molecular complexity index is 360. The monoisotopic (exact) mass is 259 g/mol. The van der Waals surface area contributed by atoms with Crippen molar-refractivity contribution in [3.8, 4) is 0 Å². The highest BCUT2D eigenvalue weighted by atomic mass is 14.9. The van der Waals surface area contributed by atoms with Crippen LogP contribution in [-0.2, 0) is 0 Å². The number of rotatable bonds is 5. The lowest BCUT2D eigenvalue weighted by atomic mass is 9.84. The van der Waals surface area contributed by atoms with Crippen LogP contribution in [0.3, 0.4) is 0 Å². The van der Waals surface area contributed by atoms with Crippen molar-refractivity contribution in [2.75, 3.05) is 5.32 Å². The lowest BCUT2D eigenvalue weighted by molar-refractivity contribution is 0.330. The highest BCUT2D eigenvalue weighted by Gasteiger charge is 2.19. The Morgan fingerprint density at radius 2 is 1.68 bits per heavy atom. The van der Waals surface area contributed by atoms with E-state index < -0.39 is 0 Å². The fourth-order valence-corrected chi connectivity index (χ4v) is 3.09. The number of anilines is 1. The second-order valence-electron chi connectivity index (χ2n) is 6.20. The maximum Gasteiger partial charge on any atom is 0.0342 e. The molecule has 1 aliphatic rings. The summed E-state index contributed by atoms with van der Waals surface area (Å²) < 4.78 is 0. The molecule has 1 N–H and O–H groups in total. The summed E-state index contributed by atoms with van der Waals surface area (Å²) in [7, 11) is 0.